The van der Waals surface area contributed by atoms with E-state index in [1.807, 2.05) is 37.6 Å². The van der Waals surface area contributed by atoms with Crippen LogP contribution < -0.4 is 5.32 Å². The fourth-order valence-corrected chi connectivity index (χ4v) is 1.84. The largest absolute Gasteiger partial charge is 0.373 e. The second-order valence-electron chi connectivity index (χ2n) is 4.33. The van der Waals surface area contributed by atoms with Crippen molar-refractivity contribution in [3.05, 3.63) is 42.1 Å². The van der Waals surface area contributed by atoms with Gasteiger partial charge in [0.1, 0.15) is 11.6 Å². The molecule has 2 aromatic rings. The third kappa shape index (κ3) is 2.64. The molecule has 0 amide bonds. The highest BCUT2D eigenvalue weighted by molar-refractivity contribution is 5.34. The Labute approximate surface area is 102 Å². The molecule has 0 aromatic carbocycles. The lowest BCUT2D eigenvalue weighted by molar-refractivity contribution is 0.661. The normalized spacial score (nSPS) is 10.8. The summed E-state index contributed by atoms with van der Waals surface area (Å²) in [5, 5.41) is 3.05. The van der Waals surface area contributed by atoms with Crippen molar-refractivity contribution in [3.63, 3.8) is 0 Å². The van der Waals surface area contributed by atoms with Gasteiger partial charge in [0.25, 0.3) is 0 Å². The van der Waals surface area contributed by atoms with Crippen LogP contribution in [-0.2, 0) is 6.54 Å². The molecular weight excluding hydrogens is 212 g/mol. The standard InChI is InChI=1S/C13H18N4/c1-10(2)13-15-7-8-17(13)9-11-5-4-6-12(14-3)16-11/h4-8,10H,9H2,1-3H3,(H,14,16). The predicted molar refractivity (Wildman–Crippen MR) is 69.2 cm³/mol. The van der Waals surface area contributed by atoms with Gasteiger partial charge in [-0.3, -0.25) is 0 Å². The van der Waals surface area contributed by atoms with Gasteiger partial charge in [0.05, 0.1) is 12.2 Å². The predicted octanol–water partition coefficient (Wildman–Crippen LogP) is 2.49. The first-order valence-corrected chi connectivity index (χ1v) is 5.85. The number of anilines is 1. The molecule has 4 heteroatoms. The van der Waals surface area contributed by atoms with E-state index >= 15 is 0 Å². The second kappa shape index (κ2) is 4.99. The van der Waals surface area contributed by atoms with Gasteiger partial charge in [-0.1, -0.05) is 19.9 Å². The summed E-state index contributed by atoms with van der Waals surface area (Å²) in [5.74, 6) is 2.42. The zero-order valence-electron chi connectivity index (χ0n) is 10.5. The molecule has 1 N–H and O–H groups in total. The van der Waals surface area contributed by atoms with Gasteiger partial charge in [-0.05, 0) is 12.1 Å². The molecule has 0 fully saturated rings. The molecule has 17 heavy (non-hydrogen) atoms. The van der Waals surface area contributed by atoms with E-state index in [0.717, 1.165) is 23.9 Å². The van der Waals surface area contributed by atoms with Crippen molar-refractivity contribution in [2.75, 3.05) is 12.4 Å². The minimum absolute atomic E-state index is 0.428. The molecule has 0 bridgehead atoms. The SMILES string of the molecule is CNc1cccc(Cn2ccnc2C(C)C)n1. The average Bonchev–Trinajstić information content (AvgIpc) is 2.77. The number of pyridine rings is 1. The number of aromatic nitrogens is 3. The summed E-state index contributed by atoms with van der Waals surface area (Å²) in [7, 11) is 1.88. The van der Waals surface area contributed by atoms with Crippen LogP contribution in [0.2, 0.25) is 0 Å². The maximum absolute atomic E-state index is 4.51. The molecule has 2 aromatic heterocycles. The summed E-state index contributed by atoms with van der Waals surface area (Å²) >= 11 is 0. The highest BCUT2D eigenvalue weighted by atomic mass is 15.1. The smallest absolute Gasteiger partial charge is 0.126 e. The average molecular weight is 230 g/mol. The molecule has 2 rings (SSSR count). The molecule has 0 atom stereocenters. The number of hydrogen-bond acceptors (Lipinski definition) is 3. The van der Waals surface area contributed by atoms with Crippen LogP contribution in [0.1, 0.15) is 31.3 Å². The molecule has 0 aliphatic heterocycles. The van der Waals surface area contributed by atoms with Gasteiger partial charge in [0.15, 0.2) is 0 Å². The number of nitrogens with zero attached hydrogens (tertiary/aromatic N) is 3. The Balaban J connectivity index is 2.22. The highest BCUT2D eigenvalue weighted by Gasteiger charge is 2.07. The lowest BCUT2D eigenvalue weighted by Crippen LogP contribution is -2.07. The molecule has 0 unspecified atom stereocenters. The zero-order chi connectivity index (χ0) is 12.3. The molecule has 0 aliphatic rings. The topological polar surface area (TPSA) is 42.7 Å². The Bertz CT molecular complexity index is 488. The van der Waals surface area contributed by atoms with E-state index < -0.39 is 0 Å². The lowest BCUT2D eigenvalue weighted by atomic mass is 10.2. The van der Waals surface area contributed by atoms with Crippen LogP contribution >= 0.6 is 0 Å². The fraction of sp³-hybridized carbons (Fsp3) is 0.385. The van der Waals surface area contributed by atoms with Crippen molar-refractivity contribution in [1.82, 2.24) is 14.5 Å². The van der Waals surface area contributed by atoms with Gasteiger partial charge in [0.2, 0.25) is 0 Å². The van der Waals surface area contributed by atoms with Gasteiger partial charge in [-0.2, -0.15) is 0 Å². The van der Waals surface area contributed by atoms with E-state index in [9.17, 15) is 0 Å². The summed E-state index contributed by atoms with van der Waals surface area (Å²) < 4.78 is 2.15. The Morgan fingerprint density at radius 2 is 2.18 bits per heavy atom. The zero-order valence-corrected chi connectivity index (χ0v) is 10.5. The van der Waals surface area contributed by atoms with Crippen LogP contribution in [0, 0.1) is 0 Å². The molecular formula is C13H18N4. The van der Waals surface area contributed by atoms with E-state index in [1.54, 1.807) is 0 Å². The van der Waals surface area contributed by atoms with Crippen LogP contribution in [0.25, 0.3) is 0 Å². The highest BCUT2D eigenvalue weighted by Crippen LogP contribution is 2.13. The Morgan fingerprint density at radius 1 is 1.35 bits per heavy atom. The number of rotatable bonds is 4. The molecule has 2 heterocycles. The van der Waals surface area contributed by atoms with Crippen LogP contribution in [0.3, 0.4) is 0 Å². The summed E-state index contributed by atoms with van der Waals surface area (Å²) in [6.45, 7) is 5.07. The third-order valence-electron chi connectivity index (χ3n) is 2.66. The second-order valence-corrected chi connectivity index (χ2v) is 4.33. The molecule has 90 valence electrons. The first-order valence-electron chi connectivity index (χ1n) is 5.85. The van der Waals surface area contributed by atoms with Crippen molar-refractivity contribution in [1.29, 1.82) is 0 Å². The van der Waals surface area contributed by atoms with Crippen molar-refractivity contribution >= 4 is 5.82 Å². The van der Waals surface area contributed by atoms with Crippen molar-refractivity contribution in [2.45, 2.75) is 26.3 Å². The summed E-state index contributed by atoms with van der Waals surface area (Å²) in [6.07, 6.45) is 3.85. The molecule has 0 spiro atoms. The first kappa shape index (κ1) is 11.6. The third-order valence-corrected chi connectivity index (χ3v) is 2.66. The van der Waals surface area contributed by atoms with Gasteiger partial charge in [-0.15, -0.1) is 0 Å². The van der Waals surface area contributed by atoms with Crippen molar-refractivity contribution in [2.24, 2.45) is 0 Å². The lowest BCUT2D eigenvalue weighted by Gasteiger charge is -2.10. The monoisotopic (exact) mass is 230 g/mol. The van der Waals surface area contributed by atoms with Gasteiger partial charge < -0.3 is 9.88 Å². The summed E-state index contributed by atoms with van der Waals surface area (Å²) in [4.78, 5) is 8.88. The number of nitrogens with one attached hydrogen (secondary N) is 1. The summed E-state index contributed by atoms with van der Waals surface area (Å²) in [6, 6.07) is 6.01. The minimum Gasteiger partial charge on any atom is -0.373 e. The quantitative estimate of drug-likeness (QED) is 0.877. The van der Waals surface area contributed by atoms with E-state index in [1.165, 1.54) is 0 Å². The van der Waals surface area contributed by atoms with Crippen molar-refractivity contribution < 1.29 is 0 Å². The molecule has 0 saturated carbocycles. The Hall–Kier alpha value is -1.84. The Morgan fingerprint density at radius 3 is 2.88 bits per heavy atom. The van der Waals surface area contributed by atoms with E-state index in [-0.39, 0.29) is 0 Å². The maximum Gasteiger partial charge on any atom is 0.126 e. The molecule has 4 nitrogen and oxygen atoms in total. The van der Waals surface area contributed by atoms with Crippen LogP contribution in [0.4, 0.5) is 5.82 Å². The van der Waals surface area contributed by atoms with Gasteiger partial charge in [0, 0.05) is 25.4 Å². The molecule has 0 saturated heterocycles. The fourth-order valence-electron chi connectivity index (χ4n) is 1.84. The van der Waals surface area contributed by atoms with Crippen LogP contribution in [-0.4, -0.2) is 21.6 Å². The number of imidazole rings is 1. The van der Waals surface area contributed by atoms with Gasteiger partial charge in [-0.25, -0.2) is 9.97 Å². The van der Waals surface area contributed by atoms with E-state index in [0.29, 0.717) is 5.92 Å². The first-order chi connectivity index (χ1) is 8.20. The van der Waals surface area contributed by atoms with Crippen molar-refractivity contribution in [3.8, 4) is 0 Å². The van der Waals surface area contributed by atoms with Crippen LogP contribution in [0.5, 0.6) is 0 Å². The van der Waals surface area contributed by atoms with E-state index in [2.05, 4.69) is 33.7 Å². The Kier molecular flexibility index (Phi) is 3.42. The van der Waals surface area contributed by atoms with E-state index in [4.69, 9.17) is 0 Å². The van der Waals surface area contributed by atoms with Gasteiger partial charge >= 0.3 is 0 Å². The molecule has 0 radical (unpaired) electrons. The number of hydrogen-bond donors (Lipinski definition) is 1. The minimum atomic E-state index is 0.428. The molecule has 0 aliphatic carbocycles. The maximum atomic E-state index is 4.51. The van der Waals surface area contributed by atoms with Crippen LogP contribution in [0.15, 0.2) is 30.6 Å². The summed E-state index contributed by atoms with van der Waals surface area (Å²) in [5.41, 5.74) is 1.04.